The summed E-state index contributed by atoms with van der Waals surface area (Å²) in [5, 5.41) is 9.47. The number of rotatable bonds is 5. The number of benzene rings is 1. The van der Waals surface area contributed by atoms with Crippen LogP contribution in [0, 0.1) is 0 Å². The maximum absolute atomic E-state index is 11.9. The van der Waals surface area contributed by atoms with Crippen LogP contribution in [-0.2, 0) is 19.4 Å². The van der Waals surface area contributed by atoms with Crippen molar-refractivity contribution in [1.29, 1.82) is 0 Å². The molecule has 1 aromatic carbocycles. The topological polar surface area (TPSA) is 101 Å². The summed E-state index contributed by atoms with van der Waals surface area (Å²) in [5.41, 5.74) is 0.133. The van der Waals surface area contributed by atoms with Crippen molar-refractivity contribution in [3.8, 4) is 0 Å². The smallest absolute Gasteiger partial charge is 0.326 e. The van der Waals surface area contributed by atoms with Crippen LogP contribution < -0.4 is 5.32 Å². The van der Waals surface area contributed by atoms with Gasteiger partial charge in [-0.2, -0.15) is 0 Å². The number of amides is 1. The molecule has 6 nitrogen and oxygen atoms in total. The molecule has 0 fully saturated rings. The van der Waals surface area contributed by atoms with Crippen molar-refractivity contribution in [2.24, 2.45) is 0 Å². The fourth-order valence-corrected chi connectivity index (χ4v) is 3.03. The number of nitrogens with one attached hydrogen (secondary N) is 1. The SMILES string of the molecule is CNC(=O)CS(=O)(=O)C(C(=O)O)c1ccccc1. The van der Waals surface area contributed by atoms with Crippen molar-refractivity contribution in [3.63, 3.8) is 0 Å². The van der Waals surface area contributed by atoms with Crippen molar-refractivity contribution >= 4 is 21.7 Å². The lowest BCUT2D eigenvalue weighted by atomic mass is 10.1. The molecule has 0 aliphatic heterocycles. The molecule has 0 saturated heterocycles. The van der Waals surface area contributed by atoms with E-state index in [1.807, 2.05) is 0 Å². The fourth-order valence-electron chi connectivity index (χ4n) is 1.47. The predicted molar refractivity (Wildman–Crippen MR) is 64.7 cm³/mol. The number of carboxylic acids is 1. The summed E-state index contributed by atoms with van der Waals surface area (Å²) in [6, 6.07) is 7.54. The molecule has 0 heterocycles. The molecule has 18 heavy (non-hydrogen) atoms. The molecule has 0 aliphatic carbocycles. The van der Waals surface area contributed by atoms with E-state index in [1.54, 1.807) is 18.2 Å². The highest BCUT2D eigenvalue weighted by atomic mass is 32.2. The Morgan fingerprint density at radius 1 is 1.28 bits per heavy atom. The number of sulfone groups is 1. The molecule has 98 valence electrons. The average molecular weight is 271 g/mol. The number of carboxylic acid groups (broad SMARTS) is 1. The second kappa shape index (κ2) is 5.63. The summed E-state index contributed by atoms with van der Waals surface area (Å²) in [6.07, 6.45) is 0. The normalized spacial score (nSPS) is 12.7. The highest BCUT2D eigenvalue weighted by molar-refractivity contribution is 7.93. The summed E-state index contributed by atoms with van der Waals surface area (Å²) in [7, 11) is -2.81. The van der Waals surface area contributed by atoms with Gasteiger partial charge in [0.05, 0.1) is 0 Å². The van der Waals surface area contributed by atoms with Gasteiger partial charge in [0.1, 0.15) is 5.75 Å². The second-order valence-electron chi connectivity index (χ2n) is 3.61. The minimum atomic E-state index is -4.10. The van der Waals surface area contributed by atoms with Crippen LogP contribution in [0.15, 0.2) is 30.3 Å². The van der Waals surface area contributed by atoms with Crippen molar-refractivity contribution in [2.45, 2.75) is 5.25 Å². The number of hydrogen-bond donors (Lipinski definition) is 2. The first-order chi connectivity index (χ1) is 8.38. The minimum absolute atomic E-state index is 0.133. The molecular formula is C11H13NO5S. The fraction of sp³-hybridized carbons (Fsp3) is 0.273. The Labute approximate surface area is 105 Å². The monoisotopic (exact) mass is 271 g/mol. The molecule has 0 saturated carbocycles. The van der Waals surface area contributed by atoms with Crippen molar-refractivity contribution < 1.29 is 23.1 Å². The van der Waals surface area contributed by atoms with Crippen LogP contribution in [0.5, 0.6) is 0 Å². The highest BCUT2D eigenvalue weighted by Gasteiger charge is 2.35. The van der Waals surface area contributed by atoms with E-state index in [0.717, 1.165) is 0 Å². The second-order valence-corrected chi connectivity index (χ2v) is 5.70. The van der Waals surface area contributed by atoms with Gasteiger partial charge >= 0.3 is 5.97 Å². The zero-order valence-corrected chi connectivity index (χ0v) is 10.5. The molecule has 1 atom stereocenters. The molecule has 2 N–H and O–H groups in total. The maximum atomic E-state index is 11.9. The van der Waals surface area contributed by atoms with Crippen molar-refractivity contribution in [1.82, 2.24) is 5.32 Å². The number of carbonyl (C=O) groups is 2. The zero-order chi connectivity index (χ0) is 13.8. The Morgan fingerprint density at radius 3 is 2.28 bits per heavy atom. The van der Waals surface area contributed by atoms with Crippen LogP contribution in [-0.4, -0.2) is 38.2 Å². The Balaban J connectivity index is 3.15. The van der Waals surface area contributed by atoms with E-state index in [9.17, 15) is 18.0 Å². The van der Waals surface area contributed by atoms with Crippen LogP contribution in [0.3, 0.4) is 0 Å². The zero-order valence-electron chi connectivity index (χ0n) is 9.66. The van der Waals surface area contributed by atoms with E-state index in [-0.39, 0.29) is 5.56 Å². The van der Waals surface area contributed by atoms with Crippen molar-refractivity contribution in [3.05, 3.63) is 35.9 Å². The van der Waals surface area contributed by atoms with Gasteiger partial charge in [0, 0.05) is 7.05 Å². The molecule has 0 aromatic heterocycles. The largest absolute Gasteiger partial charge is 0.480 e. The molecule has 1 amide bonds. The summed E-state index contributed by atoms with van der Waals surface area (Å²) in [6.45, 7) is 0. The van der Waals surface area contributed by atoms with Gasteiger partial charge in [0.2, 0.25) is 5.91 Å². The molecule has 0 spiro atoms. The van der Waals surface area contributed by atoms with E-state index in [2.05, 4.69) is 5.32 Å². The van der Waals surface area contributed by atoms with E-state index in [0.29, 0.717) is 0 Å². The average Bonchev–Trinajstić information content (AvgIpc) is 2.28. The molecule has 0 radical (unpaired) electrons. The molecule has 1 rings (SSSR count). The van der Waals surface area contributed by atoms with E-state index in [4.69, 9.17) is 5.11 Å². The number of carbonyl (C=O) groups excluding carboxylic acids is 1. The van der Waals surface area contributed by atoms with Crippen LogP contribution in [0.1, 0.15) is 10.8 Å². The van der Waals surface area contributed by atoms with Gasteiger partial charge in [-0.3, -0.25) is 9.59 Å². The van der Waals surface area contributed by atoms with E-state index >= 15 is 0 Å². The van der Waals surface area contributed by atoms with Gasteiger partial charge in [-0.15, -0.1) is 0 Å². The van der Waals surface area contributed by atoms with Crippen LogP contribution in [0.25, 0.3) is 0 Å². The molecule has 1 aromatic rings. The Kier molecular flexibility index (Phi) is 4.43. The van der Waals surface area contributed by atoms with E-state index < -0.39 is 32.7 Å². The Bertz CT molecular complexity index is 538. The first kappa shape index (κ1) is 14.2. The van der Waals surface area contributed by atoms with Gasteiger partial charge < -0.3 is 10.4 Å². The standard InChI is InChI=1S/C11H13NO5S/c1-12-9(13)7-18(16,17)10(11(14)15)8-5-3-2-4-6-8/h2-6,10H,7H2,1H3,(H,12,13)(H,14,15). The Hall–Kier alpha value is -1.89. The summed E-state index contributed by atoms with van der Waals surface area (Å²) in [4.78, 5) is 22.2. The van der Waals surface area contributed by atoms with Gasteiger partial charge in [-0.05, 0) is 5.56 Å². The number of hydrogen-bond acceptors (Lipinski definition) is 4. The highest BCUT2D eigenvalue weighted by Crippen LogP contribution is 2.23. The van der Waals surface area contributed by atoms with Gasteiger partial charge in [0.15, 0.2) is 15.1 Å². The van der Waals surface area contributed by atoms with Crippen LogP contribution in [0.2, 0.25) is 0 Å². The summed E-state index contributed by atoms with van der Waals surface area (Å²) >= 11 is 0. The first-order valence-corrected chi connectivity index (χ1v) is 6.80. The maximum Gasteiger partial charge on any atom is 0.326 e. The molecule has 0 aliphatic rings. The first-order valence-electron chi connectivity index (χ1n) is 5.08. The molecular weight excluding hydrogens is 258 g/mol. The predicted octanol–water partition coefficient (Wildman–Crippen LogP) is -0.0269. The third-order valence-electron chi connectivity index (χ3n) is 2.30. The van der Waals surface area contributed by atoms with Gasteiger partial charge in [-0.25, -0.2) is 8.42 Å². The lowest BCUT2D eigenvalue weighted by Gasteiger charge is -2.13. The minimum Gasteiger partial charge on any atom is -0.480 e. The summed E-state index contributed by atoms with van der Waals surface area (Å²) < 4.78 is 23.8. The van der Waals surface area contributed by atoms with Crippen LogP contribution >= 0.6 is 0 Å². The van der Waals surface area contributed by atoms with Crippen molar-refractivity contribution in [2.75, 3.05) is 12.8 Å². The molecule has 0 bridgehead atoms. The van der Waals surface area contributed by atoms with Gasteiger partial charge in [0.25, 0.3) is 0 Å². The Morgan fingerprint density at radius 2 is 1.83 bits per heavy atom. The lowest BCUT2D eigenvalue weighted by molar-refractivity contribution is -0.136. The number of aliphatic carboxylic acids is 1. The third kappa shape index (κ3) is 3.30. The third-order valence-corrected chi connectivity index (χ3v) is 4.15. The quantitative estimate of drug-likeness (QED) is 0.783. The van der Waals surface area contributed by atoms with E-state index in [1.165, 1.54) is 19.2 Å². The molecule has 1 unspecified atom stereocenters. The molecule has 7 heteroatoms. The summed E-state index contributed by atoms with van der Waals surface area (Å²) in [5.74, 6) is -3.09. The lowest BCUT2D eigenvalue weighted by Crippen LogP contribution is -2.32. The van der Waals surface area contributed by atoms with Gasteiger partial charge in [-0.1, -0.05) is 30.3 Å². The van der Waals surface area contributed by atoms with Crippen LogP contribution in [0.4, 0.5) is 0 Å².